The van der Waals surface area contributed by atoms with Crippen molar-refractivity contribution in [3.8, 4) is 0 Å². The number of hydrogen-bond donors (Lipinski definition) is 6. The van der Waals surface area contributed by atoms with Crippen LogP contribution in [-0.4, -0.2) is 87.5 Å². The highest BCUT2D eigenvalue weighted by molar-refractivity contribution is 5.76. The lowest BCUT2D eigenvalue weighted by molar-refractivity contribution is -0.302. The van der Waals surface area contributed by atoms with Gasteiger partial charge in [-0.15, -0.1) is 0 Å². The summed E-state index contributed by atoms with van der Waals surface area (Å²) in [6, 6.07) is -0.813. The molecule has 49 heavy (non-hydrogen) atoms. The minimum absolute atomic E-state index is 0.195. The smallest absolute Gasteiger partial charge is 0.220 e. The molecule has 7 atom stereocenters. The molecule has 0 bridgehead atoms. The van der Waals surface area contributed by atoms with Gasteiger partial charge in [0.2, 0.25) is 5.91 Å². The Morgan fingerprint density at radius 3 is 1.71 bits per heavy atom. The lowest BCUT2D eigenvalue weighted by Crippen LogP contribution is -2.60. The molecular formula is C40H75NO8. The first kappa shape index (κ1) is 45.7. The number of carbonyl (C=O) groups is 1. The molecule has 1 saturated heterocycles. The number of carbonyl (C=O) groups excluding carboxylic acids is 1. The monoisotopic (exact) mass is 698 g/mol. The van der Waals surface area contributed by atoms with E-state index in [1.807, 2.05) is 6.08 Å². The highest BCUT2D eigenvalue weighted by atomic mass is 16.7. The number of aliphatic hydroxyl groups is 5. The predicted molar refractivity (Wildman–Crippen MR) is 198 cm³/mol. The maximum atomic E-state index is 12.8. The third-order valence-corrected chi connectivity index (χ3v) is 9.53. The van der Waals surface area contributed by atoms with E-state index in [9.17, 15) is 30.3 Å². The number of nitrogens with one attached hydrogen (secondary N) is 1. The van der Waals surface area contributed by atoms with Gasteiger partial charge in [0.15, 0.2) is 6.29 Å². The third-order valence-electron chi connectivity index (χ3n) is 9.53. The molecule has 9 nitrogen and oxygen atoms in total. The summed E-state index contributed by atoms with van der Waals surface area (Å²) in [5.41, 5.74) is 0. The summed E-state index contributed by atoms with van der Waals surface area (Å²) in [4.78, 5) is 12.8. The number of amides is 1. The Morgan fingerprint density at radius 2 is 1.16 bits per heavy atom. The van der Waals surface area contributed by atoms with Crippen molar-refractivity contribution in [2.45, 2.75) is 211 Å². The zero-order valence-electron chi connectivity index (χ0n) is 31.2. The van der Waals surface area contributed by atoms with Gasteiger partial charge in [0, 0.05) is 6.42 Å². The van der Waals surface area contributed by atoms with Gasteiger partial charge < -0.3 is 40.3 Å². The normalized spacial score (nSPS) is 22.6. The summed E-state index contributed by atoms with van der Waals surface area (Å²) in [6.45, 7) is 3.69. The fraction of sp³-hybridized carbons (Fsp3) is 0.875. The summed E-state index contributed by atoms with van der Waals surface area (Å²) in [7, 11) is 0. The Morgan fingerprint density at radius 1 is 0.673 bits per heavy atom. The minimum atomic E-state index is -1.57. The van der Waals surface area contributed by atoms with Gasteiger partial charge >= 0.3 is 0 Å². The highest BCUT2D eigenvalue weighted by Crippen LogP contribution is 2.22. The van der Waals surface area contributed by atoms with Crippen molar-refractivity contribution < 1.29 is 39.8 Å². The van der Waals surface area contributed by atoms with Crippen molar-refractivity contribution in [3.63, 3.8) is 0 Å². The number of allylic oxidation sites excluding steroid dienone is 3. The fourth-order valence-electron chi connectivity index (χ4n) is 6.23. The lowest BCUT2D eigenvalue weighted by atomic mass is 9.99. The first-order valence-corrected chi connectivity index (χ1v) is 20.1. The first-order valence-electron chi connectivity index (χ1n) is 20.1. The molecule has 1 rings (SSSR count). The van der Waals surface area contributed by atoms with Crippen LogP contribution in [0.25, 0.3) is 0 Å². The van der Waals surface area contributed by atoms with Crippen molar-refractivity contribution >= 4 is 5.91 Å². The van der Waals surface area contributed by atoms with E-state index in [0.717, 1.165) is 38.5 Å². The molecule has 1 aliphatic rings. The van der Waals surface area contributed by atoms with Crippen molar-refractivity contribution in [2.75, 3.05) is 13.2 Å². The molecule has 0 radical (unpaired) electrons. The van der Waals surface area contributed by atoms with E-state index in [1.54, 1.807) is 6.08 Å². The predicted octanol–water partition coefficient (Wildman–Crippen LogP) is 7.16. The van der Waals surface area contributed by atoms with Crippen molar-refractivity contribution in [3.05, 3.63) is 24.3 Å². The molecule has 0 aromatic carbocycles. The van der Waals surface area contributed by atoms with E-state index in [0.29, 0.717) is 6.42 Å². The molecule has 1 heterocycles. The van der Waals surface area contributed by atoms with Gasteiger partial charge in [-0.25, -0.2) is 0 Å². The molecule has 1 amide bonds. The summed E-state index contributed by atoms with van der Waals surface area (Å²) >= 11 is 0. The molecule has 7 unspecified atom stereocenters. The Kier molecular flexibility index (Phi) is 29.3. The molecular weight excluding hydrogens is 622 g/mol. The maximum Gasteiger partial charge on any atom is 0.220 e. The van der Waals surface area contributed by atoms with Crippen LogP contribution in [-0.2, 0) is 14.3 Å². The molecule has 0 aliphatic carbocycles. The Balaban J connectivity index is 2.39. The van der Waals surface area contributed by atoms with Gasteiger partial charge in [-0.3, -0.25) is 4.79 Å². The summed E-state index contributed by atoms with van der Waals surface area (Å²) in [5, 5.41) is 53.8. The average Bonchev–Trinajstić information content (AvgIpc) is 3.10. The molecule has 0 aromatic rings. The largest absolute Gasteiger partial charge is 0.394 e. The topological polar surface area (TPSA) is 149 Å². The van der Waals surface area contributed by atoms with Gasteiger partial charge in [-0.1, -0.05) is 154 Å². The zero-order chi connectivity index (χ0) is 36.0. The number of ether oxygens (including phenoxy) is 2. The molecule has 0 aromatic heterocycles. The van der Waals surface area contributed by atoms with Crippen LogP contribution in [0.4, 0.5) is 0 Å². The van der Waals surface area contributed by atoms with Crippen LogP contribution >= 0.6 is 0 Å². The van der Waals surface area contributed by atoms with E-state index < -0.39 is 49.5 Å². The van der Waals surface area contributed by atoms with E-state index in [2.05, 4.69) is 31.3 Å². The quantitative estimate of drug-likeness (QED) is 0.0320. The van der Waals surface area contributed by atoms with Crippen LogP contribution < -0.4 is 5.32 Å². The number of rotatable bonds is 32. The average molecular weight is 698 g/mol. The van der Waals surface area contributed by atoms with Crippen LogP contribution in [0.2, 0.25) is 0 Å². The fourth-order valence-corrected chi connectivity index (χ4v) is 6.23. The molecule has 9 heteroatoms. The van der Waals surface area contributed by atoms with E-state index in [-0.39, 0.29) is 12.5 Å². The van der Waals surface area contributed by atoms with Crippen molar-refractivity contribution in [1.29, 1.82) is 0 Å². The molecule has 6 N–H and O–H groups in total. The number of hydrogen-bond acceptors (Lipinski definition) is 8. The Labute approximate surface area is 298 Å². The standard InChI is InChI=1S/C40H75NO8/c1-3-5-7-9-11-12-13-14-15-16-17-18-19-20-21-22-24-25-27-29-34(43)33(41-36(44)30-28-26-23-10-8-6-4-2)32-48-40-39(47)38(46)37(45)35(31-42)49-40/h21-22,27,29,33-35,37-40,42-43,45-47H,3-20,23-26,28,30-32H2,1-2H3,(H,41,44)/b22-21+,29-27+. The first-order chi connectivity index (χ1) is 23.8. The van der Waals surface area contributed by atoms with E-state index in [4.69, 9.17) is 9.47 Å². The van der Waals surface area contributed by atoms with E-state index >= 15 is 0 Å². The Bertz CT molecular complexity index is 822. The van der Waals surface area contributed by atoms with Crippen molar-refractivity contribution in [1.82, 2.24) is 5.32 Å². The van der Waals surface area contributed by atoms with Gasteiger partial charge in [-0.2, -0.15) is 0 Å². The highest BCUT2D eigenvalue weighted by Gasteiger charge is 2.44. The third kappa shape index (κ3) is 23.0. The second-order valence-electron chi connectivity index (χ2n) is 14.1. The zero-order valence-corrected chi connectivity index (χ0v) is 31.2. The van der Waals surface area contributed by atoms with Gasteiger partial charge in [0.25, 0.3) is 0 Å². The van der Waals surface area contributed by atoms with Gasteiger partial charge in [0.05, 0.1) is 25.4 Å². The van der Waals surface area contributed by atoms with Crippen LogP contribution in [0.15, 0.2) is 24.3 Å². The van der Waals surface area contributed by atoms with E-state index in [1.165, 1.54) is 109 Å². The number of aliphatic hydroxyl groups excluding tert-OH is 5. The second-order valence-corrected chi connectivity index (χ2v) is 14.1. The summed E-state index contributed by atoms with van der Waals surface area (Å²) in [6.07, 6.45) is 28.2. The minimum Gasteiger partial charge on any atom is -0.394 e. The summed E-state index contributed by atoms with van der Waals surface area (Å²) in [5.74, 6) is -0.195. The summed E-state index contributed by atoms with van der Waals surface area (Å²) < 4.78 is 11.1. The van der Waals surface area contributed by atoms with Crippen LogP contribution in [0, 0.1) is 0 Å². The molecule has 0 saturated carbocycles. The molecule has 1 fully saturated rings. The van der Waals surface area contributed by atoms with Gasteiger partial charge in [0.1, 0.15) is 24.4 Å². The van der Waals surface area contributed by atoms with Crippen LogP contribution in [0.1, 0.15) is 168 Å². The molecule has 288 valence electrons. The number of unbranched alkanes of at least 4 members (excludes halogenated alkanes) is 20. The lowest BCUT2D eigenvalue weighted by Gasteiger charge is -2.40. The maximum absolute atomic E-state index is 12.8. The molecule has 1 aliphatic heterocycles. The van der Waals surface area contributed by atoms with Crippen molar-refractivity contribution in [2.24, 2.45) is 0 Å². The second kappa shape index (κ2) is 31.4. The van der Waals surface area contributed by atoms with Gasteiger partial charge in [-0.05, 0) is 32.1 Å². The Hall–Kier alpha value is -1.33. The SMILES string of the molecule is CCCCCCCCCCCCCCC/C=C/CC/C=C/C(O)C(COC1OC(CO)C(O)C(O)C1O)NC(=O)CCCCCCCCC. The van der Waals surface area contributed by atoms with Crippen LogP contribution in [0.5, 0.6) is 0 Å². The van der Waals surface area contributed by atoms with Crippen LogP contribution in [0.3, 0.4) is 0 Å². The molecule has 0 spiro atoms.